The van der Waals surface area contributed by atoms with Gasteiger partial charge in [-0.05, 0) is 45.4 Å². The smallest absolute Gasteiger partial charge is 0.246 e. The van der Waals surface area contributed by atoms with Gasteiger partial charge in [0, 0.05) is 19.8 Å². The fourth-order valence-corrected chi connectivity index (χ4v) is 3.25. The van der Waals surface area contributed by atoms with Crippen molar-refractivity contribution in [3.8, 4) is 0 Å². The maximum atomic E-state index is 12.7. The summed E-state index contributed by atoms with van der Waals surface area (Å²) in [6.07, 6.45) is 4.47. The van der Waals surface area contributed by atoms with E-state index in [-0.39, 0.29) is 17.9 Å². The van der Waals surface area contributed by atoms with Gasteiger partial charge in [-0.2, -0.15) is 0 Å². The van der Waals surface area contributed by atoms with Crippen molar-refractivity contribution in [3.05, 3.63) is 0 Å². The highest BCUT2D eigenvalue weighted by molar-refractivity contribution is 6.00. The SMILES string of the molecule is CCCC1NC(=O)C(C)(C2CC2)N(CCCOCC)C1=O. The summed E-state index contributed by atoms with van der Waals surface area (Å²) < 4.78 is 5.37. The number of hydrogen-bond acceptors (Lipinski definition) is 3. The molecule has 5 heteroatoms. The molecule has 1 saturated carbocycles. The van der Waals surface area contributed by atoms with Gasteiger partial charge in [-0.25, -0.2) is 0 Å². The van der Waals surface area contributed by atoms with Crippen LogP contribution in [-0.4, -0.2) is 48.1 Å². The second-order valence-corrected chi connectivity index (χ2v) is 6.28. The van der Waals surface area contributed by atoms with Crippen LogP contribution in [0.5, 0.6) is 0 Å². The Balaban J connectivity index is 2.10. The van der Waals surface area contributed by atoms with Crippen molar-refractivity contribution >= 4 is 11.8 Å². The molecule has 2 atom stereocenters. The number of piperazine rings is 1. The first-order valence-corrected chi connectivity index (χ1v) is 8.25. The molecule has 1 saturated heterocycles. The molecule has 0 aromatic heterocycles. The fourth-order valence-electron chi connectivity index (χ4n) is 3.25. The van der Waals surface area contributed by atoms with Crippen LogP contribution in [0, 0.1) is 5.92 Å². The molecule has 0 bridgehead atoms. The molecule has 2 unspecified atom stereocenters. The molecule has 2 amide bonds. The maximum Gasteiger partial charge on any atom is 0.246 e. The van der Waals surface area contributed by atoms with Gasteiger partial charge < -0.3 is 15.0 Å². The number of carbonyl (C=O) groups excluding carboxylic acids is 2. The lowest BCUT2D eigenvalue weighted by Gasteiger charge is -2.46. The number of nitrogens with one attached hydrogen (secondary N) is 1. The van der Waals surface area contributed by atoms with Crippen LogP contribution >= 0.6 is 0 Å². The minimum atomic E-state index is -0.659. The lowest BCUT2D eigenvalue weighted by molar-refractivity contribution is -0.158. The van der Waals surface area contributed by atoms with Crippen molar-refractivity contribution in [2.24, 2.45) is 5.92 Å². The monoisotopic (exact) mass is 296 g/mol. The molecule has 1 N–H and O–H groups in total. The van der Waals surface area contributed by atoms with Gasteiger partial charge in [0.25, 0.3) is 0 Å². The average molecular weight is 296 g/mol. The predicted octanol–water partition coefficient (Wildman–Crippen LogP) is 1.71. The average Bonchev–Trinajstić information content (AvgIpc) is 3.29. The molecule has 0 aromatic carbocycles. The largest absolute Gasteiger partial charge is 0.382 e. The number of ether oxygens (including phenoxy) is 1. The lowest BCUT2D eigenvalue weighted by atomic mass is 9.87. The topological polar surface area (TPSA) is 58.6 Å². The van der Waals surface area contributed by atoms with Crippen LogP contribution in [0.1, 0.15) is 52.9 Å². The molecule has 21 heavy (non-hydrogen) atoms. The summed E-state index contributed by atoms with van der Waals surface area (Å²) >= 11 is 0. The van der Waals surface area contributed by atoms with Crippen molar-refractivity contribution in [1.82, 2.24) is 10.2 Å². The van der Waals surface area contributed by atoms with Gasteiger partial charge in [-0.15, -0.1) is 0 Å². The van der Waals surface area contributed by atoms with Crippen LogP contribution in [0.3, 0.4) is 0 Å². The molecule has 0 spiro atoms. The summed E-state index contributed by atoms with van der Waals surface area (Å²) in [7, 11) is 0. The Morgan fingerprint density at radius 3 is 2.62 bits per heavy atom. The van der Waals surface area contributed by atoms with E-state index in [0.717, 1.165) is 25.7 Å². The summed E-state index contributed by atoms with van der Waals surface area (Å²) in [5, 5.41) is 2.95. The summed E-state index contributed by atoms with van der Waals surface area (Å²) in [4.78, 5) is 27.2. The maximum absolute atomic E-state index is 12.7. The Kier molecular flexibility index (Phi) is 5.25. The van der Waals surface area contributed by atoms with Gasteiger partial charge in [0.1, 0.15) is 11.6 Å². The summed E-state index contributed by atoms with van der Waals surface area (Å²) in [6, 6.07) is -0.346. The second-order valence-electron chi connectivity index (χ2n) is 6.28. The Morgan fingerprint density at radius 1 is 1.33 bits per heavy atom. The molecule has 1 aliphatic heterocycles. The molecule has 0 radical (unpaired) electrons. The molecule has 0 aromatic rings. The van der Waals surface area contributed by atoms with Crippen LogP contribution in [0.4, 0.5) is 0 Å². The molecule has 2 rings (SSSR count). The molecular formula is C16H28N2O3. The highest BCUT2D eigenvalue weighted by atomic mass is 16.5. The first-order chi connectivity index (χ1) is 10.1. The zero-order chi connectivity index (χ0) is 15.5. The van der Waals surface area contributed by atoms with Crippen molar-refractivity contribution in [2.75, 3.05) is 19.8 Å². The van der Waals surface area contributed by atoms with E-state index in [1.807, 2.05) is 25.7 Å². The van der Waals surface area contributed by atoms with E-state index in [9.17, 15) is 9.59 Å². The van der Waals surface area contributed by atoms with Crippen LogP contribution in [0.25, 0.3) is 0 Å². The van der Waals surface area contributed by atoms with Gasteiger partial charge in [0.15, 0.2) is 0 Å². The Morgan fingerprint density at radius 2 is 2.05 bits per heavy atom. The Hall–Kier alpha value is -1.10. The van der Waals surface area contributed by atoms with E-state index in [1.165, 1.54) is 0 Å². The molecule has 1 heterocycles. The van der Waals surface area contributed by atoms with Crippen molar-refractivity contribution < 1.29 is 14.3 Å². The van der Waals surface area contributed by atoms with Crippen molar-refractivity contribution in [1.29, 1.82) is 0 Å². The van der Waals surface area contributed by atoms with Gasteiger partial charge in [-0.3, -0.25) is 9.59 Å². The van der Waals surface area contributed by atoms with Crippen molar-refractivity contribution in [2.45, 2.75) is 64.5 Å². The van der Waals surface area contributed by atoms with Gasteiger partial charge in [-0.1, -0.05) is 13.3 Å². The number of rotatable bonds is 8. The third-order valence-corrected chi connectivity index (χ3v) is 4.71. The standard InChI is InChI=1S/C16H28N2O3/c1-4-7-13-14(19)18(10-6-11-21-5-2)16(3,12-8-9-12)15(20)17-13/h12-13H,4-11H2,1-3H3,(H,17,20). The minimum absolute atomic E-state index is 0.0273. The highest BCUT2D eigenvalue weighted by Gasteiger charge is 2.56. The number of carbonyl (C=O) groups is 2. The van der Waals surface area contributed by atoms with E-state index in [1.54, 1.807) is 0 Å². The van der Waals surface area contributed by atoms with Crippen LogP contribution in [0.2, 0.25) is 0 Å². The zero-order valence-electron chi connectivity index (χ0n) is 13.5. The van der Waals surface area contributed by atoms with E-state index in [4.69, 9.17) is 4.74 Å². The predicted molar refractivity (Wildman–Crippen MR) is 80.8 cm³/mol. The third-order valence-electron chi connectivity index (χ3n) is 4.71. The Labute approximate surface area is 127 Å². The van der Waals surface area contributed by atoms with Crippen LogP contribution in [0.15, 0.2) is 0 Å². The van der Waals surface area contributed by atoms with Gasteiger partial charge >= 0.3 is 0 Å². The first kappa shape index (κ1) is 16.3. The van der Waals surface area contributed by atoms with Gasteiger partial charge in [0.05, 0.1) is 0 Å². The lowest BCUT2D eigenvalue weighted by Crippen LogP contribution is -2.70. The molecule has 5 nitrogen and oxygen atoms in total. The zero-order valence-corrected chi connectivity index (χ0v) is 13.5. The second kappa shape index (κ2) is 6.77. The molecule has 1 aliphatic carbocycles. The van der Waals surface area contributed by atoms with E-state index in [0.29, 0.717) is 32.1 Å². The summed E-state index contributed by atoms with van der Waals surface area (Å²) in [6.45, 7) is 7.87. The van der Waals surface area contributed by atoms with E-state index < -0.39 is 5.54 Å². The van der Waals surface area contributed by atoms with Crippen LogP contribution in [-0.2, 0) is 14.3 Å². The fraction of sp³-hybridized carbons (Fsp3) is 0.875. The first-order valence-electron chi connectivity index (χ1n) is 8.25. The summed E-state index contributed by atoms with van der Waals surface area (Å²) in [5.41, 5.74) is -0.659. The van der Waals surface area contributed by atoms with Crippen LogP contribution < -0.4 is 5.32 Å². The normalized spacial score (nSPS) is 29.7. The minimum Gasteiger partial charge on any atom is -0.382 e. The quantitative estimate of drug-likeness (QED) is 0.694. The third kappa shape index (κ3) is 3.23. The molecule has 120 valence electrons. The highest BCUT2D eigenvalue weighted by Crippen LogP contribution is 2.45. The summed E-state index contributed by atoms with van der Waals surface area (Å²) in [5.74, 6) is 0.429. The van der Waals surface area contributed by atoms with Crippen molar-refractivity contribution in [3.63, 3.8) is 0 Å². The number of hydrogen-bond donors (Lipinski definition) is 1. The number of amides is 2. The van der Waals surface area contributed by atoms with E-state index >= 15 is 0 Å². The van der Waals surface area contributed by atoms with E-state index in [2.05, 4.69) is 5.32 Å². The van der Waals surface area contributed by atoms with Gasteiger partial charge in [0.2, 0.25) is 11.8 Å². The number of nitrogens with zero attached hydrogens (tertiary/aromatic N) is 1. The molecule has 2 fully saturated rings. The molecule has 2 aliphatic rings. The molecular weight excluding hydrogens is 268 g/mol. The Bertz CT molecular complexity index is 395.